The van der Waals surface area contributed by atoms with Gasteiger partial charge in [0.25, 0.3) is 0 Å². The lowest BCUT2D eigenvalue weighted by Gasteiger charge is -2.31. The molecule has 1 saturated heterocycles. The molecule has 1 fully saturated rings. The Kier molecular flexibility index (Phi) is 2.75. The maximum Gasteiger partial charge on any atom is 0.236 e. The normalized spacial score (nSPS) is 33.7. The van der Waals surface area contributed by atoms with Crippen LogP contribution in [0.2, 0.25) is 0 Å². The molecule has 3 rings (SSSR count). The molecule has 1 heterocycles. The van der Waals surface area contributed by atoms with Crippen molar-refractivity contribution >= 4 is 11.8 Å². The molecule has 1 aromatic carbocycles. The molecule has 1 N–H and O–H groups in total. The Bertz CT molecular complexity index is 552. The van der Waals surface area contributed by atoms with Crippen LogP contribution in [0.15, 0.2) is 42.5 Å². The molecule has 2 aliphatic rings. The number of imide groups is 1. The van der Waals surface area contributed by atoms with Crippen LogP contribution in [0, 0.1) is 11.8 Å². The van der Waals surface area contributed by atoms with Crippen LogP contribution in [0.4, 0.5) is 0 Å². The van der Waals surface area contributed by atoms with Gasteiger partial charge in [0, 0.05) is 13.0 Å². The lowest BCUT2D eigenvalue weighted by atomic mass is 9.72. The lowest BCUT2D eigenvalue weighted by Crippen LogP contribution is -2.35. The fraction of sp³-hybridized carbons (Fsp3) is 0.333. The number of likely N-dealkylation sites (tertiary alicyclic amines) is 1. The highest BCUT2D eigenvalue weighted by molar-refractivity contribution is 6.06. The molecule has 4 nitrogen and oxygen atoms in total. The van der Waals surface area contributed by atoms with Gasteiger partial charge in [-0.25, -0.2) is 0 Å². The number of rotatable bonds is 1. The van der Waals surface area contributed by atoms with Gasteiger partial charge in [-0.3, -0.25) is 14.5 Å². The van der Waals surface area contributed by atoms with Gasteiger partial charge in [0.05, 0.1) is 17.9 Å². The maximum atomic E-state index is 12.2. The van der Waals surface area contributed by atoms with Crippen molar-refractivity contribution < 1.29 is 14.7 Å². The predicted molar refractivity (Wildman–Crippen MR) is 69.1 cm³/mol. The minimum absolute atomic E-state index is 0.181. The van der Waals surface area contributed by atoms with E-state index in [9.17, 15) is 14.7 Å². The van der Waals surface area contributed by atoms with Crippen molar-refractivity contribution in [2.75, 3.05) is 7.05 Å². The van der Waals surface area contributed by atoms with E-state index in [1.54, 1.807) is 12.2 Å². The first kappa shape index (κ1) is 12.1. The minimum atomic E-state index is -0.730. The standard InChI is InChI=1S/C15H15NO3/c1-16-14(18)10-7-8-11(17)12(13(10)15(16)19)9-5-3-2-4-6-9/h2-8,10-13,17H,1H3/t10-,11+,12+,13-/m1/s1. The summed E-state index contributed by atoms with van der Waals surface area (Å²) >= 11 is 0. The van der Waals surface area contributed by atoms with Crippen LogP contribution in [0.25, 0.3) is 0 Å². The number of nitrogens with zero attached hydrogens (tertiary/aromatic N) is 1. The van der Waals surface area contributed by atoms with Gasteiger partial charge in [-0.15, -0.1) is 0 Å². The second kappa shape index (κ2) is 4.31. The fourth-order valence-corrected chi connectivity index (χ4v) is 3.09. The van der Waals surface area contributed by atoms with E-state index < -0.39 is 17.9 Å². The van der Waals surface area contributed by atoms with Crippen molar-refractivity contribution in [3.63, 3.8) is 0 Å². The summed E-state index contributed by atoms with van der Waals surface area (Å²) in [5.74, 6) is -1.66. The Morgan fingerprint density at radius 1 is 1.00 bits per heavy atom. The number of hydrogen-bond acceptors (Lipinski definition) is 3. The molecule has 4 heteroatoms. The molecule has 1 aliphatic carbocycles. The molecule has 2 amide bonds. The number of aliphatic hydroxyl groups is 1. The van der Waals surface area contributed by atoms with Crippen LogP contribution in [-0.2, 0) is 9.59 Å². The van der Waals surface area contributed by atoms with E-state index in [0.717, 1.165) is 5.56 Å². The fourth-order valence-electron chi connectivity index (χ4n) is 3.09. The summed E-state index contributed by atoms with van der Waals surface area (Å²) in [5.41, 5.74) is 0.894. The largest absolute Gasteiger partial charge is 0.388 e. The van der Waals surface area contributed by atoms with Crippen molar-refractivity contribution in [2.45, 2.75) is 12.0 Å². The zero-order valence-corrected chi connectivity index (χ0v) is 10.6. The first-order valence-electron chi connectivity index (χ1n) is 6.34. The highest BCUT2D eigenvalue weighted by Gasteiger charge is 2.51. The molecule has 98 valence electrons. The van der Waals surface area contributed by atoms with Gasteiger partial charge in [0.1, 0.15) is 0 Å². The Hall–Kier alpha value is -1.94. The van der Waals surface area contributed by atoms with Gasteiger partial charge in [0.2, 0.25) is 11.8 Å². The van der Waals surface area contributed by atoms with Gasteiger partial charge in [-0.1, -0.05) is 42.5 Å². The monoisotopic (exact) mass is 257 g/mol. The molecule has 0 spiro atoms. The summed E-state index contributed by atoms with van der Waals surface area (Å²) in [4.78, 5) is 25.4. The highest BCUT2D eigenvalue weighted by atomic mass is 16.3. The summed E-state index contributed by atoms with van der Waals surface area (Å²) in [7, 11) is 1.51. The molecular weight excluding hydrogens is 242 g/mol. The van der Waals surface area contributed by atoms with E-state index in [-0.39, 0.29) is 17.7 Å². The Labute approximate surface area is 111 Å². The molecule has 0 bridgehead atoms. The summed E-state index contributed by atoms with van der Waals surface area (Å²) in [6, 6.07) is 9.42. The van der Waals surface area contributed by atoms with Crippen molar-refractivity contribution in [3.8, 4) is 0 Å². The van der Waals surface area contributed by atoms with Gasteiger partial charge in [0.15, 0.2) is 0 Å². The van der Waals surface area contributed by atoms with Crippen LogP contribution < -0.4 is 0 Å². The molecule has 0 unspecified atom stereocenters. The average molecular weight is 257 g/mol. The molecule has 19 heavy (non-hydrogen) atoms. The van der Waals surface area contributed by atoms with Crippen LogP contribution in [0.1, 0.15) is 11.5 Å². The van der Waals surface area contributed by atoms with Crippen LogP contribution in [0.3, 0.4) is 0 Å². The van der Waals surface area contributed by atoms with Crippen molar-refractivity contribution in [1.29, 1.82) is 0 Å². The third kappa shape index (κ3) is 1.71. The Morgan fingerprint density at radius 2 is 1.68 bits per heavy atom. The summed E-state index contributed by atoms with van der Waals surface area (Å²) < 4.78 is 0. The first-order valence-corrected chi connectivity index (χ1v) is 6.34. The quantitative estimate of drug-likeness (QED) is 0.601. The van der Waals surface area contributed by atoms with E-state index >= 15 is 0 Å². The highest BCUT2D eigenvalue weighted by Crippen LogP contribution is 2.43. The zero-order valence-electron chi connectivity index (χ0n) is 10.6. The summed E-state index contributed by atoms with van der Waals surface area (Å²) in [6.45, 7) is 0. The second-order valence-electron chi connectivity index (χ2n) is 5.10. The molecule has 0 radical (unpaired) electrons. The number of hydrogen-bond donors (Lipinski definition) is 1. The topological polar surface area (TPSA) is 57.6 Å². The number of benzene rings is 1. The van der Waals surface area contributed by atoms with Crippen molar-refractivity contribution in [3.05, 3.63) is 48.0 Å². The molecule has 4 atom stereocenters. The van der Waals surface area contributed by atoms with Crippen LogP contribution in [0.5, 0.6) is 0 Å². The summed E-state index contributed by atoms with van der Waals surface area (Å²) in [5, 5.41) is 10.2. The summed E-state index contributed by atoms with van der Waals surface area (Å²) in [6.07, 6.45) is 2.56. The van der Waals surface area contributed by atoms with Gasteiger partial charge in [-0.05, 0) is 5.56 Å². The SMILES string of the molecule is CN1C(=O)[C@H]2[C@@H](c3ccccc3)[C@@H](O)C=C[C@H]2C1=O. The number of fused-ring (bicyclic) bond motifs is 1. The van der Waals surface area contributed by atoms with Crippen LogP contribution in [-0.4, -0.2) is 35.0 Å². The number of amides is 2. The lowest BCUT2D eigenvalue weighted by molar-refractivity contribution is -0.138. The molecular formula is C15H15NO3. The number of aliphatic hydroxyl groups excluding tert-OH is 1. The third-order valence-corrected chi connectivity index (χ3v) is 4.07. The predicted octanol–water partition coefficient (Wildman–Crippen LogP) is 0.932. The molecule has 0 aromatic heterocycles. The molecule has 1 aliphatic heterocycles. The average Bonchev–Trinajstić information content (AvgIpc) is 2.65. The van der Waals surface area contributed by atoms with Crippen molar-refractivity contribution in [1.82, 2.24) is 4.90 Å². The van der Waals surface area contributed by atoms with E-state index in [1.165, 1.54) is 11.9 Å². The van der Waals surface area contributed by atoms with E-state index in [4.69, 9.17) is 0 Å². The zero-order chi connectivity index (χ0) is 13.6. The van der Waals surface area contributed by atoms with E-state index in [0.29, 0.717) is 0 Å². The number of carbonyl (C=O) groups is 2. The molecule has 0 saturated carbocycles. The van der Waals surface area contributed by atoms with E-state index in [2.05, 4.69) is 0 Å². The minimum Gasteiger partial charge on any atom is -0.388 e. The smallest absolute Gasteiger partial charge is 0.236 e. The third-order valence-electron chi connectivity index (χ3n) is 4.07. The van der Waals surface area contributed by atoms with Gasteiger partial charge < -0.3 is 5.11 Å². The number of carbonyl (C=O) groups excluding carboxylic acids is 2. The first-order chi connectivity index (χ1) is 9.11. The van der Waals surface area contributed by atoms with Gasteiger partial charge >= 0.3 is 0 Å². The van der Waals surface area contributed by atoms with Crippen molar-refractivity contribution in [2.24, 2.45) is 11.8 Å². The Morgan fingerprint density at radius 3 is 2.37 bits per heavy atom. The van der Waals surface area contributed by atoms with Gasteiger partial charge in [-0.2, -0.15) is 0 Å². The van der Waals surface area contributed by atoms with Crippen LogP contribution >= 0.6 is 0 Å². The maximum absolute atomic E-state index is 12.2. The second-order valence-corrected chi connectivity index (χ2v) is 5.10. The van der Waals surface area contributed by atoms with E-state index in [1.807, 2.05) is 30.3 Å². The Balaban J connectivity index is 2.07. The molecule has 1 aromatic rings.